The summed E-state index contributed by atoms with van der Waals surface area (Å²) in [5, 5.41) is 8.94. The number of rotatable bonds is 4. The number of hydrogen-bond donors (Lipinski definition) is 1. The Kier molecular flexibility index (Phi) is 3.24. The van der Waals surface area contributed by atoms with Crippen LogP contribution in [0.1, 0.15) is 20.3 Å². The second-order valence-electron chi connectivity index (χ2n) is 4.52. The van der Waals surface area contributed by atoms with Crippen LogP contribution >= 0.6 is 0 Å². The van der Waals surface area contributed by atoms with Gasteiger partial charge in [0, 0.05) is 10.9 Å². The fourth-order valence-electron chi connectivity index (χ4n) is 1.44. The maximum Gasteiger partial charge on any atom is 0.148 e. The van der Waals surface area contributed by atoms with E-state index < -0.39 is 0 Å². The van der Waals surface area contributed by atoms with Crippen molar-refractivity contribution in [2.24, 2.45) is 5.73 Å². The number of fused-ring (bicyclic) bond motifs is 1. The van der Waals surface area contributed by atoms with Gasteiger partial charge >= 0.3 is 0 Å². The van der Waals surface area contributed by atoms with E-state index in [4.69, 9.17) is 10.5 Å². The number of nitrogens with two attached hydrogens (primary N) is 1. The summed E-state index contributed by atoms with van der Waals surface area (Å²) < 4.78 is 5.75. The minimum Gasteiger partial charge on any atom is -0.489 e. The molecule has 17 heavy (non-hydrogen) atoms. The van der Waals surface area contributed by atoms with Crippen LogP contribution in [0.4, 0.5) is 0 Å². The molecule has 1 aromatic carbocycles. The molecule has 0 aliphatic rings. The highest BCUT2D eigenvalue weighted by molar-refractivity contribution is 5.83. The molecule has 0 radical (unpaired) electrons. The minimum atomic E-state index is -0.315. The standard InChI is InChI=1S/C13H17N3O/c1-3-13(2,14)9-17-12-8-15-16-11-7-5-4-6-10(11)12/h4-8H,3,9,14H2,1-2H3. The van der Waals surface area contributed by atoms with Crippen LogP contribution in [-0.4, -0.2) is 22.3 Å². The Labute approximate surface area is 101 Å². The minimum absolute atomic E-state index is 0.315. The van der Waals surface area contributed by atoms with E-state index in [1.165, 1.54) is 0 Å². The van der Waals surface area contributed by atoms with Gasteiger partial charge in [0.2, 0.25) is 0 Å². The Morgan fingerprint density at radius 1 is 1.35 bits per heavy atom. The molecule has 0 saturated carbocycles. The van der Waals surface area contributed by atoms with E-state index in [2.05, 4.69) is 10.2 Å². The predicted octanol–water partition coefficient (Wildman–Crippen LogP) is 2.14. The molecule has 1 unspecified atom stereocenters. The van der Waals surface area contributed by atoms with E-state index in [1.54, 1.807) is 6.20 Å². The summed E-state index contributed by atoms with van der Waals surface area (Å²) >= 11 is 0. The van der Waals surface area contributed by atoms with Crippen LogP contribution < -0.4 is 10.5 Å². The normalized spacial score (nSPS) is 14.5. The lowest BCUT2D eigenvalue weighted by atomic mass is 10.0. The molecule has 1 atom stereocenters. The molecule has 0 aliphatic heterocycles. The molecule has 2 rings (SSSR count). The Bertz CT molecular complexity index is 505. The van der Waals surface area contributed by atoms with Gasteiger partial charge < -0.3 is 10.5 Å². The topological polar surface area (TPSA) is 61.0 Å². The Hall–Kier alpha value is -1.68. The van der Waals surface area contributed by atoms with Crippen molar-refractivity contribution in [2.45, 2.75) is 25.8 Å². The summed E-state index contributed by atoms with van der Waals surface area (Å²) in [6.45, 7) is 4.50. The quantitative estimate of drug-likeness (QED) is 0.875. The van der Waals surface area contributed by atoms with E-state index in [9.17, 15) is 0 Å². The molecule has 4 heteroatoms. The van der Waals surface area contributed by atoms with E-state index >= 15 is 0 Å². The fraction of sp³-hybridized carbons (Fsp3) is 0.385. The molecule has 0 aliphatic carbocycles. The largest absolute Gasteiger partial charge is 0.489 e. The van der Waals surface area contributed by atoms with Crippen molar-refractivity contribution in [1.29, 1.82) is 0 Å². The molecule has 0 amide bonds. The van der Waals surface area contributed by atoms with Crippen LogP contribution in [0, 0.1) is 0 Å². The van der Waals surface area contributed by atoms with Gasteiger partial charge in [0.15, 0.2) is 0 Å². The zero-order valence-electron chi connectivity index (χ0n) is 10.2. The highest BCUT2D eigenvalue weighted by atomic mass is 16.5. The van der Waals surface area contributed by atoms with Gasteiger partial charge in [-0.15, -0.1) is 0 Å². The van der Waals surface area contributed by atoms with E-state index in [1.807, 2.05) is 38.1 Å². The maximum absolute atomic E-state index is 6.05. The zero-order valence-corrected chi connectivity index (χ0v) is 10.2. The molecule has 4 nitrogen and oxygen atoms in total. The van der Waals surface area contributed by atoms with E-state index in [0.29, 0.717) is 6.61 Å². The first kappa shape index (κ1) is 11.8. The third-order valence-electron chi connectivity index (χ3n) is 2.88. The van der Waals surface area contributed by atoms with Crippen LogP contribution in [0.15, 0.2) is 30.5 Å². The first-order valence-electron chi connectivity index (χ1n) is 5.74. The summed E-state index contributed by atoms with van der Waals surface area (Å²) in [6, 6.07) is 7.77. The lowest BCUT2D eigenvalue weighted by Gasteiger charge is -2.22. The Balaban J connectivity index is 2.24. The van der Waals surface area contributed by atoms with Gasteiger partial charge in [-0.25, -0.2) is 0 Å². The van der Waals surface area contributed by atoms with E-state index in [0.717, 1.165) is 23.1 Å². The first-order chi connectivity index (χ1) is 8.12. The third-order valence-corrected chi connectivity index (χ3v) is 2.88. The molecule has 0 spiro atoms. The number of benzene rings is 1. The van der Waals surface area contributed by atoms with Crippen molar-refractivity contribution in [1.82, 2.24) is 10.2 Å². The van der Waals surface area contributed by atoms with Crippen molar-refractivity contribution >= 4 is 10.9 Å². The van der Waals surface area contributed by atoms with Crippen LogP contribution in [0.5, 0.6) is 5.75 Å². The molecule has 1 heterocycles. The van der Waals surface area contributed by atoms with Crippen LogP contribution in [-0.2, 0) is 0 Å². The predicted molar refractivity (Wildman–Crippen MR) is 67.9 cm³/mol. The summed E-state index contributed by atoms with van der Waals surface area (Å²) in [6.07, 6.45) is 2.50. The van der Waals surface area contributed by atoms with Crippen molar-refractivity contribution in [2.75, 3.05) is 6.61 Å². The van der Waals surface area contributed by atoms with Gasteiger partial charge in [-0.1, -0.05) is 19.1 Å². The molecule has 2 aromatic rings. The number of hydrogen-bond acceptors (Lipinski definition) is 4. The Morgan fingerprint density at radius 2 is 2.12 bits per heavy atom. The molecule has 0 saturated heterocycles. The summed E-state index contributed by atoms with van der Waals surface area (Å²) in [4.78, 5) is 0. The summed E-state index contributed by atoms with van der Waals surface area (Å²) in [5.74, 6) is 0.737. The van der Waals surface area contributed by atoms with Crippen molar-refractivity contribution in [3.63, 3.8) is 0 Å². The molecule has 0 bridgehead atoms. The number of nitrogens with zero attached hydrogens (tertiary/aromatic N) is 2. The second kappa shape index (κ2) is 4.67. The van der Waals surface area contributed by atoms with Gasteiger partial charge in [-0.05, 0) is 25.5 Å². The monoisotopic (exact) mass is 231 g/mol. The zero-order chi connectivity index (χ0) is 12.3. The average molecular weight is 231 g/mol. The Morgan fingerprint density at radius 3 is 2.88 bits per heavy atom. The summed E-state index contributed by atoms with van der Waals surface area (Å²) in [7, 11) is 0. The van der Waals surface area contributed by atoms with Crippen molar-refractivity contribution in [3.05, 3.63) is 30.5 Å². The van der Waals surface area contributed by atoms with Crippen LogP contribution in [0.2, 0.25) is 0 Å². The van der Waals surface area contributed by atoms with Gasteiger partial charge in [0.1, 0.15) is 12.4 Å². The van der Waals surface area contributed by atoms with Gasteiger partial charge in [-0.2, -0.15) is 10.2 Å². The summed E-state index contributed by atoms with van der Waals surface area (Å²) in [5.41, 5.74) is 6.57. The molecule has 90 valence electrons. The second-order valence-corrected chi connectivity index (χ2v) is 4.52. The molecule has 2 N–H and O–H groups in total. The molecular formula is C13H17N3O. The average Bonchev–Trinajstić information content (AvgIpc) is 2.36. The SMILES string of the molecule is CCC(C)(N)COc1cnnc2ccccc12. The first-order valence-corrected chi connectivity index (χ1v) is 5.74. The maximum atomic E-state index is 6.05. The van der Waals surface area contributed by atoms with Gasteiger partial charge in [0.05, 0.1) is 11.7 Å². The van der Waals surface area contributed by atoms with Crippen LogP contribution in [0.25, 0.3) is 10.9 Å². The lowest BCUT2D eigenvalue weighted by Crippen LogP contribution is -2.41. The smallest absolute Gasteiger partial charge is 0.148 e. The number of aromatic nitrogens is 2. The lowest BCUT2D eigenvalue weighted by molar-refractivity contribution is 0.227. The van der Waals surface area contributed by atoms with Gasteiger partial charge in [-0.3, -0.25) is 0 Å². The van der Waals surface area contributed by atoms with E-state index in [-0.39, 0.29) is 5.54 Å². The molecule has 1 aromatic heterocycles. The van der Waals surface area contributed by atoms with Crippen LogP contribution in [0.3, 0.4) is 0 Å². The third kappa shape index (κ3) is 2.71. The highest BCUT2D eigenvalue weighted by Crippen LogP contribution is 2.23. The fourth-order valence-corrected chi connectivity index (χ4v) is 1.44. The number of ether oxygens (including phenoxy) is 1. The van der Waals surface area contributed by atoms with Gasteiger partial charge in [0.25, 0.3) is 0 Å². The van der Waals surface area contributed by atoms with Crippen molar-refractivity contribution < 1.29 is 4.74 Å². The van der Waals surface area contributed by atoms with Crippen molar-refractivity contribution in [3.8, 4) is 5.75 Å². The highest BCUT2D eigenvalue weighted by Gasteiger charge is 2.17. The molecule has 0 fully saturated rings. The molecular weight excluding hydrogens is 214 g/mol.